The molecule has 0 radical (unpaired) electrons. The van der Waals surface area contributed by atoms with E-state index in [2.05, 4.69) is 10.3 Å². The predicted octanol–water partition coefficient (Wildman–Crippen LogP) is 1.89. The Morgan fingerprint density at radius 1 is 1.38 bits per heavy atom. The Balaban J connectivity index is 1.79. The first-order valence-electron chi connectivity index (χ1n) is 7.85. The van der Waals surface area contributed by atoms with E-state index in [0.29, 0.717) is 35.4 Å². The van der Waals surface area contributed by atoms with Crippen molar-refractivity contribution in [3.05, 3.63) is 18.2 Å². The lowest BCUT2D eigenvalue weighted by molar-refractivity contribution is -0.129. The Labute approximate surface area is 144 Å². The summed E-state index contributed by atoms with van der Waals surface area (Å²) in [5.41, 5.74) is 0.687. The number of carbonyl (C=O) groups excluding carboxylic acids is 2. The van der Waals surface area contributed by atoms with Gasteiger partial charge in [0.2, 0.25) is 18.6 Å². The van der Waals surface area contributed by atoms with Crippen LogP contribution in [0.4, 0.5) is 5.69 Å². The summed E-state index contributed by atoms with van der Waals surface area (Å²) < 4.78 is 10.6. The molecule has 0 aliphatic carbocycles. The minimum Gasteiger partial charge on any atom is -0.454 e. The maximum atomic E-state index is 12.5. The third kappa shape index (κ3) is 3.33. The fraction of sp³-hybridized carbons (Fsp3) is 0.438. The van der Waals surface area contributed by atoms with Crippen molar-refractivity contribution < 1.29 is 19.1 Å². The van der Waals surface area contributed by atoms with Crippen LogP contribution in [0.15, 0.2) is 23.2 Å². The van der Waals surface area contributed by atoms with Crippen LogP contribution >= 0.6 is 11.8 Å². The number of benzene rings is 1. The van der Waals surface area contributed by atoms with E-state index in [1.807, 2.05) is 19.9 Å². The quantitative estimate of drug-likeness (QED) is 0.878. The van der Waals surface area contributed by atoms with Crippen molar-refractivity contribution in [2.24, 2.45) is 4.99 Å². The molecule has 0 bridgehead atoms. The molecule has 1 unspecified atom stereocenters. The van der Waals surface area contributed by atoms with Crippen molar-refractivity contribution in [2.45, 2.75) is 25.5 Å². The van der Waals surface area contributed by atoms with Crippen LogP contribution in [-0.4, -0.2) is 47.0 Å². The van der Waals surface area contributed by atoms with Crippen LogP contribution in [0.5, 0.6) is 11.5 Å². The number of hydrogen-bond acceptors (Lipinski definition) is 6. The molecular formula is C16H19N3O4S. The van der Waals surface area contributed by atoms with Gasteiger partial charge in [-0.1, -0.05) is 11.8 Å². The predicted molar refractivity (Wildman–Crippen MR) is 91.7 cm³/mol. The minimum absolute atomic E-state index is 0.0757. The Morgan fingerprint density at radius 3 is 2.92 bits per heavy atom. The molecule has 2 aliphatic heterocycles. The van der Waals surface area contributed by atoms with E-state index < -0.39 is 5.25 Å². The van der Waals surface area contributed by atoms with E-state index in [9.17, 15) is 9.59 Å². The molecule has 8 heteroatoms. The van der Waals surface area contributed by atoms with Crippen molar-refractivity contribution in [1.82, 2.24) is 10.2 Å². The van der Waals surface area contributed by atoms with E-state index in [-0.39, 0.29) is 25.0 Å². The zero-order valence-corrected chi connectivity index (χ0v) is 14.4. The second-order valence-electron chi connectivity index (χ2n) is 5.28. The third-order valence-corrected chi connectivity index (χ3v) is 4.84. The number of nitrogens with one attached hydrogen (secondary N) is 1. The standard InChI is InChI=1S/C16H19N3O4S/c1-3-17-14(20)8-13-15(21)19(4-2)16(24-13)18-10-5-6-11-12(7-10)23-9-22-11/h5-7,13H,3-4,8-9H2,1-2H3,(H,17,20). The van der Waals surface area contributed by atoms with E-state index in [1.54, 1.807) is 17.0 Å². The molecule has 2 heterocycles. The molecule has 3 rings (SSSR count). The SMILES string of the molecule is CCNC(=O)CC1SC(=Nc2ccc3c(c2)OCO3)N(CC)C1=O. The number of ether oxygens (including phenoxy) is 2. The first-order chi connectivity index (χ1) is 11.6. The van der Waals surface area contributed by atoms with Gasteiger partial charge in [0.15, 0.2) is 16.7 Å². The molecular weight excluding hydrogens is 330 g/mol. The third-order valence-electron chi connectivity index (χ3n) is 3.66. The zero-order valence-electron chi connectivity index (χ0n) is 13.6. The van der Waals surface area contributed by atoms with E-state index >= 15 is 0 Å². The average molecular weight is 349 g/mol. The smallest absolute Gasteiger partial charge is 0.242 e. The number of carbonyl (C=O) groups is 2. The van der Waals surface area contributed by atoms with Gasteiger partial charge in [-0.05, 0) is 26.0 Å². The summed E-state index contributed by atoms with van der Waals surface area (Å²) >= 11 is 1.33. The lowest BCUT2D eigenvalue weighted by Gasteiger charge is -2.13. The van der Waals surface area contributed by atoms with Crippen molar-refractivity contribution in [3.63, 3.8) is 0 Å². The fourth-order valence-corrected chi connectivity index (χ4v) is 3.74. The number of amidine groups is 1. The van der Waals surface area contributed by atoms with Crippen LogP contribution in [0.1, 0.15) is 20.3 Å². The maximum absolute atomic E-state index is 12.5. The van der Waals surface area contributed by atoms with Crippen LogP contribution < -0.4 is 14.8 Å². The Hall–Kier alpha value is -2.22. The molecule has 7 nitrogen and oxygen atoms in total. The molecule has 1 atom stereocenters. The normalized spacial score (nSPS) is 20.8. The molecule has 0 aromatic heterocycles. The molecule has 2 amide bonds. The summed E-state index contributed by atoms with van der Waals surface area (Å²) in [5, 5.41) is 2.91. The van der Waals surface area contributed by atoms with Crippen molar-refractivity contribution >= 4 is 34.4 Å². The summed E-state index contributed by atoms with van der Waals surface area (Å²) in [4.78, 5) is 30.4. The highest BCUT2D eigenvalue weighted by molar-refractivity contribution is 8.15. The number of aliphatic imine (C=N–C) groups is 1. The molecule has 1 saturated heterocycles. The average Bonchev–Trinajstić information content (AvgIpc) is 3.12. The van der Waals surface area contributed by atoms with Gasteiger partial charge < -0.3 is 14.8 Å². The number of thioether (sulfide) groups is 1. The minimum atomic E-state index is -0.427. The van der Waals surface area contributed by atoms with Gasteiger partial charge in [-0.2, -0.15) is 0 Å². The summed E-state index contributed by atoms with van der Waals surface area (Å²) in [6.07, 6.45) is 0.161. The molecule has 1 N–H and O–H groups in total. The second-order valence-corrected chi connectivity index (χ2v) is 6.45. The van der Waals surface area contributed by atoms with Crippen LogP contribution in [0, 0.1) is 0 Å². The number of fused-ring (bicyclic) bond motifs is 1. The molecule has 24 heavy (non-hydrogen) atoms. The highest BCUT2D eigenvalue weighted by Crippen LogP contribution is 2.37. The largest absolute Gasteiger partial charge is 0.454 e. The molecule has 128 valence electrons. The lowest BCUT2D eigenvalue weighted by atomic mass is 10.2. The molecule has 0 saturated carbocycles. The number of amides is 2. The molecule has 1 aromatic rings. The number of hydrogen-bond donors (Lipinski definition) is 1. The van der Waals surface area contributed by atoms with E-state index in [1.165, 1.54) is 11.8 Å². The summed E-state index contributed by atoms with van der Waals surface area (Å²) in [5.74, 6) is 1.14. The monoisotopic (exact) mass is 349 g/mol. The topological polar surface area (TPSA) is 80.2 Å². The van der Waals surface area contributed by atoms with E-state index in [4.69, 9.17) is 9.47 Å². The van der Waals surface area contributed by atoms with Crippen LogP contribution in [-0.2, 0) is 9.59 Å². The van der Waals surface area contributed by atoms with Gasteiger partial charge in [0.1, 0.15) is 5.25 Å². The van der Waals surface area contributed by atoms with Crippen LogP contribution in [0.2, 0.25) is 0 Å². The van der Waals surface area contributed by atoms with Gasteiger partial charge in [-0.25, -0.2) is 4.99 Å². The highest BCUT2D eigenvalue weighted by Gasteiger charge is 2.38. The van der Waals surface area contributed by atoms with Crippen molar-refractivity contribution in [3.8, 4) is 11.5 Å². The van der Waals surface area contributed by atoms with Gasteiger partial charge in [0, 0.05) is 25.6 Å². The van der Waals surface area contributed by atoms with Gasteiger partial charge in [0.25, 0.3) is 0 Å². The summed E-state index contributed by atoms with van der Waals surface area (Å²) in [6, 6.07) is 5.40. The zero-order chi connectivity index (χ0) is 17.1. The molecule has 0 spiro atoms. The van der Waals surface area contributed by atoms with Gasteiger partial charge in [-0.3, -0.25) is 14.5 Å². The summed E-state index contributed by atoms with van der Waals surface area (Å²) in [7, 11) is 0. The molecule has 1 aromatic carbocycles. The second kappa shape index (κ2) is 7.12. The Kier molecular flexibility index (Phi) is 4.94. The highest BCUT2D eigenvalue weighted by atomic mass is 32.2. The lowest BCUT2D eigenvalue weighted by Crippen LogP contribution is -2.34. The summed E-state index contributed by atoms with van der Waals surface area (Å²) in [6.45, 7) is 5.02. The number of rotatable bonds is 5. The first-order valence-corrected chi connectivity index (χ1v) is 8.73. The van der Waals surface area contributed by atoms with Crippen molar-refractivity contribution in [1.29, 1.82) is 0 Å². The van der Waals surface area contributed by atoms with Crippen LogP contribution in [0.25, 0.3) is 0 Å². The van der Waals surface area contributed by atoms with Gasteiger partial charge in [0.05, 0.1) is 5.69 Å². The van der Waals surface area contributed by atoms with Gasteiger partial charge in [-0.15, -0.1) is 0 Å². The fourth-order valence-electron chi connectivity index (χ4n) is 2.52. The number of nitrogens with zero attached hydrogens (tertiary/aromatic N) is 2. The van der Waals surface area contributed by atoms with E-state index in [0.717, 1.165) is 0 Å². The van der Waals surface area contributed by atoms with Gasteiger partial charge >= 0.3 is 0 Å². The Morgan fingerprint density at radius 2 is 2.17 bits per heavy atom. The first kappa shape index (κ1) is 16.6. The molecule has 2 aliphatic rings. The van der Waals surface area contributed by atoms with Crippen LogP contribution in [0.3, 0.4) is 0 Å². The van der Waals surface area contributed by atoms with Crippen molar-refractivity contribution in [2.75, 3.05) is 19.9 Å². The molecule has 1 fully saturated rings. The Bertz CT molecular complexity index is 692. The maximum Gasteiger partial charge on any atom is 0.242 e.